The van der Waals surface area contributed by atoms with Crippen LogP contribution in [0.1, 0.15) is 82.8 Å². The Morgan fingerprint density at radius 3 is 2.70 bits per heavy atom. The van der Waals surface area contributed by atoms with Crippen molar-refractivity contribution in [1.29, 1.82) is 0 Å². The molecule has 114 valence electrons. The molecule has 1 saturated carbocycles. The molecule has 1 atom stereocenters. The number of hydrogen-bond acceptors (Lipinski definition) is 4. The van der Waals surface area contributed by atoms with Gasteiger partial charge in [-0.05, 0) is 51.4 Å². The molecule has 0 saturated heterocycles. The van der Waals surface area contributed by atoms with E-state index < -0.39 is 0 Å². The zero-order valence-electron chi connectivity index (χ0n) is 13.0. The number of nitrogens with zero attached hydrogens (tertiary/aromatic N) is 2. The van der Waals surface area contributed by atoms with Crippen molar-refractivity contribution in [3.63, 3.8) is 0 Å². The minimum atomic E-state index is 0.256. The van der Waals surface area contributed by atoms with Gasteiger partial charge in [0.2, 0.25) is 5.89 Å². The first-order valence-electron chi connectivity index (χ1n) is 8.27. The van der Waals surface area contributed by atoms with Crippen LogP contribution >= 0.6 is 0 Å². The summed E-state index contributed by atoms with van der Waals surface area (Å²) in [4.78, 5) is 4.58. The predicted molar refractivity (Wildman–Crippen MR) is 80.5 cm³/mol. The Morgan fingerprint density at radius 2 is 2.05 bits per heavy atom. The molecule has 0 spiro atoms. The lowest BCUT2D eigenvalue weighted by Gasteiger charge is -2.26. The maximum atomic E-state index is 5.75. The van der Waals surface area contributed by atoms with Gasteiger partial charge >= 0.3 is 0 Å². The van der Waals surface area contributed by atoms with E-state index in [1.807, 2.05) is 6.92 Å². The fraction of sp³-hybridized carbons (Fsp3) is 0.875. The molecule has 0 aromatic carbocycles. The van der Waals surface area contributed by atoms with Crippen LogP contribution in [-0.2, 0) is 6.42 Å². The van der Waals surface area contributed by atoms with E-state index >= 15 is 0 Å². The van der Waals surface area contributed by atoms with Gasteiger partial charge in [0.25, 0.3) is 0 Å². The van der Waals surface area contributed by atoms with Crippen molar-refractivity contribution in [2.24, 2.45) is 11.7 Å². The topological polar surface area (TPSA) is 64.9 Å². The van der Waals surface area contributed by atoms with Gasteiger partial charge < -0.3 is 10.3 Å². The minimum Gasteiger partial charge on any atom is -0.339 e. The van der Waals surface area contributed by atoms with Crippen molar-refractivity contribution in [3.05, 3.63) is 11.7 Å². The first-order chi connectivity index (χ1) is 9.69. The van der Waals surface area contributed by atoms with Crippen LogP contribution in [-0.4, -0.2) is 16.2 Å². The molecule has 1 fully saturated rings. The highest BCUT2D eigenvalue weighted by Gasteiger charge is 2.25. The zero-order chi connectivity index (χ0) is 14.4. The van der Waals surface area contributed by atoms with Crippen LogP contribution in [0.3, 0.4) is 0 Å². The highest BCUT2D eigenvalue weighted by atomic mass is 16.5. The van der Waals surface area contributed by atoms with E-state index in [1.54, 1.807) is 0 Å². The van der Waals surface area contributed by atoms with Crippen molar-refractivity contribution >= 4 is 0 Å². The fourth-order valence-corrected chi connectivity index (χ4v) is 3.23. The van der Waals surface area contributed by atoms with E-state index in [4.69, 9.17) is 10.3 Å². The minimum absolute atomic E-state index is 0.256. The average Bonchev–Trinajstić information content (AvgIpc) is 2.88. The van der Waals surface area contributed by atoms with Crippen molar-refractivity contribution in [2.45, 2.75) is 83.6 Å². The Hall–Kier alpha value is -0.900. The number of hydrogen-bond donors (Lipinski definition) is 1. The second kappa shape index (κ2) is 7.77. The molecule has 1 aliphatic carbocycles. The van der Waals surface area contributed by atoms with Crippen LogP contribution in [0.5, 0.6) is 0 Å². The normalized spacial score (nSPS) is 24.8. The average molecular weight is 279 g/mol. The molecule has 4 heteroatoms. The van der Waals surface area contributed by atoms with E-state index in [2.05, 4.69) is 17.1 Å². The summed E-state index contributed by atoms with van der Waals surface area (Å²) in [5.41, 5.74) is 5.75. The van der Waals surface area contributed by atoms with Crippen LogP contribution in [0.4, 0.5) is 0 Å². The monoisotopic (exact) mass is 279 g/mol. The molecule has 1 aliphatic rings. The molecule has 4 nitrogen and oxygen atoms in total. The van der Waals surface area contributed by atoms with Crippen LogP contribution in [0.15, 0.2) is 4.52 Å². The van der Waals surface area contributed by atoms with Gasteiger partial charge in [0, 0.05) is 18.4 Å². The third kappa shape index (κ3) is 4.58. The molecule has 20 heavy (non-hydrogen) atoms. The highest BCUT2D eigenvalue weighted by molar-refractivity contribution is 4.97. The molecule has 0 bridgehead atoms. The van der Waals surface area contributed by atoms with Gasteiger partial charge in [-0.1, -0.05) is 24.9 Å². The zero-order valence-corrected chi connectivity index (χ0v) is 13.0. The van der Waals surface area contributed by atoms with Gasteiger partial charge in [-0.25, -0.2) is 0 Å². The summed E-state index contributed by atoms with van der Waals surface area (Å²) in [5, 5.41) is 4.19. The molecule has 1 aromatic rings. The molecule has 2 N–H and O–H groups in total. The standard InChI is InChI=1S/C16H29N3O/c1-3-5-13-8-10-14(11-9-13)16-18-15(20-19-16)7-4-6-12(2)17/h12-14H,3-11,17H2,1-2H3. The molecule has 2 rings (SSSR count). The Bertz CT molecular complexity index is 381. The third-order valence-electron chi connectivity index (χ3n) is 4.44. The Morgan fingerprint density at radius 1 is 1.30 bits per heavy atom. The lowest BCUT2D eigenvalue weighted by molar-refractivity contribution is 0.294. The molecule has 0 aliphatic heterocycles. The molecule has 1 aromatic heterocycles. The highest BCUT2D eigenvalue weighted by Crippen LogP contribution is 2.36. The molecular weight excluding hydrogens is 250 g/mol. The summed E-state index contributed by atoms with van der Waals surface area (Å²) in [5.74, 6) is 3.18. The van der Waals surface area contributed by atoms with Crippen LogP contribution in [0.25, 0.3) is 0 Å². The van der Waals surface area contributed by atoms with Gasteiger partial charge in [-0.15, -0.1) is 0 Å². The van der Waals surface area contributed by atoms with E-state index in [0.717, 1.165) is 36.9 Å². The van der Waals surface area contributed by atoms with Crippen LogP contribution < -0.4 is 5.73 Å². The fourth-order valence-electron chi connectivity index (χ4n) is 3.23. The Labute approximate surface area is 122 Å². The van der Waals surface area contributed by atoms with E-state index in [-0.39, 0.29) is 6.04 Å². The lowest BCUT2D eigenvalue weighted by Crippen LogP contribution is -2.14. The van der Waals surface area contributed by atoms with Gasteiger partial charge in [0.1, 0.15) is 0 Å². The number of aromatic nitrogens is 2. The Kier molecular flexibility index (Phi) is 6.02. The molecular formula is C16H29N3O. The molecule has 0 radical (unpaired) electrons. The quantitative estimate of drug-likeness (QED) is 0.824. The van der Waals surface area contributed by atoms with Crippen molar-refractivity contribution in [3.8, 4) is 0 Å². The largest absolute Gasteiger partial charge is 0.339 e. The summed E-state index contributed by atoms with van der Waals surface area (Å²) in [6.07, 6.45) is 10.7. The summed E-state index contributed by atoms with van der Waals surface area (Å²) in [6, 6.07) is 0.256. The predicted octanol–water partition coefficient (Wildman–Crippen LogP) is 3.81. The summed E-state index contributed by atoms with van der Waals surface area (Å²) < 4.78 is 5.37. The summed E-state index contributed by atoms with van der Waals surface area (Å²) in [7, 11) is 0. The summed E-state index contributed by atoms with van der Waals surface area (Å²) >= 11 is 0. The number of aryl methyl sites for hydroxylation is 1. The first kappa shape index (κ1) is 15.5. The lowest BCUT2D eigenvalue weighted by atomic mass is 9.80. The van der Waals surface area contributed by atoms with Crippen molar-refractivity contribution < 1.29 is 4.52 Å². The second-order valence-electron chi connectivity index (χ2n) is 6.42. The number of nitrogens with two attached hydrogens (primary N) is 1. The maximum absolute atomic E-state index is 5.75. The van der Waals surface area contributed by atoms with Crippen LogP contribution in [0, 0.1) is 5.92 Å². The second-order valence-corrected chi connectivity index (χ2v) is 6.42. The van der Waals surface area contributed by atoms with Gasteiger partial charge in [0.15, 0.2) is 5.82 Å². The first-order valence-corrected chi connectivity index (χ1v) is 8.27. The van der Waals surface area contributed by atoms with E-state index in [1.165, 1.54) is 38.5 Å². The van der Waals surface area contributed by atoms with Crippen LogP contribution in [0.2, 0.25) is 0 Å². The van der Waals surface area contributed by atoms with Gasteiger partial charge in [0.05, 0.1) is 0 Å². The smallest absolute Gasteiger partial charge is 0.226 e. The SMILES string of the molecule is CCCC1CCC(c2noc(CCCC(C)N)n2)CC1. The van der Waals surface area contributed by atoms with Gasteiger partial charge in [-0.3, -0.25) is 0 Å². The third-order valence-corrected chi connectivity index (χ3v) is 4.44. The molecule has 1 unspecified atom stereocenters. The van der Waals surface area contributed by atoms with E-state index in [0.29, 0.717) is 5.92 Å². The van der Waals surface area contributed by atoms with Gasteiger partial charge in [-0.2, -0.15) is 4.98 Å². The molecule has 0 amide bonds. The maximum Gasteiger partial charge on any atom is 0.226 e. The molecule has 1 heterocycles. The number of rotatable bonds is 7. The Balaban J connectivity index is 1.78. The van der Waals surface area contributed by atoms with E-state index in [9.17, 15) is 0 Å². The van der Waals surface area contributed by atoms with Crippen molar-refractivity contribution in [2.75, 3.05) is 0 Å². The van der Waals surface area contributed by atoms with Crippen molar-refractivity contribution in [1.82, 2.24) is 10.1 Å². The summed E-state index contributed by atoms with van der Waals surface area (Å²) in [6.45, 7) is 4.31.